The van der Waals surface area contributed by atoms with Crippen molar-refractivity contribution in [1.82, 2.24) is 0 Å². The number of hydrogen-bond donors (Lipinski definition) is 1. The Balaban J connectivity index is 2.50. The molecule has 2 aromatic carbocycles. The third-order valence-corrected chi connectivity index (χ3v) is 4.00. The van der Waals surface area contributed by atoms with Gasteiger partial charge in [-0.1, -0.05) is 56.8 Å². The number of benzene rings is 2. The Labute approximate surface area is 124 Å². The molecule has 0 saturated heterocycles. The Hall–Kier alpha value is -0.540. The molecular weight excluding hydrogens is 335 g/mol. The average molecular weight is 346 g/mol. The minimum Gasteiger partial charge on any atom is -0.384 e. The van der Waals surface area contributed by atoms with E-state index in [-0.39, 0.29) is 0 Å². The molecule has 2 aromatic rings. The van der Waals surface area contributed by atoms with Crippen molar-refractivity contribution in [2.45, 2.75) is 13.0 Å². The third kappa shape index (κ3) is 2.89. The van der Waals surface area contributed by atoms with E-state index in [0.29, 0.717) is 15.6 Å². The minimum absolute atomic E-state index is 0.500. The van der Waals surface area contributed by atoms with Crippen LogP contribution in [0.4, 0.5) is 0 Å². The zero-order valence-corrected chi connectivity index (χ0v) is 12.7. The normalized spacial score (nSPS) is 12.5. The molecule has 0 saturated carbocycles. The van der Waals surface area contributed by atoms with Gasteiger partial charge >= 0.3 is 0 Å². The maximum absolute atomic E-state index is 10.4. The summed E-state index contributed by atoms with van der Waals surface area (Å²) in [5, 5.41) is 11.5. The van der Waals surface area contributed by atoms with Crippen LogP contribution in [0.5, 0.6) is 0 Å². The quantitative estimate of drug-likeness (QED) is 0.798. The Morgan fingerprint density at radius 1 is 1.06 bits per heavy atom. The molecule has 0 aliphatic heterocycles. The van der Waals surface area contributed by atoms with Crippen molar-refractivity contribution in [3.05, 3.63) is 67.6 Å². The average Bonchev–Trinajstić information content (AvgIpc) is 2.34. The topological polar surface area (TPSA) is 20.2 Å². The standard InChI is InChI=1S/C14H11BrCl2O/c1-8-2-4-12(15)10(6-8)14(18)11-7-9(16)3-5-13(11)17/h2-7,14,18H,1H3. The molecule has 1 unspecified atom stereocenters. The monoisotopic (exact) mass is 344 g/mol. The summed E-state index contributed by atoms with van der Waals surface area (Å²) in [5.74, 6) is 0. The lowest BCUT2D eigenvalue weighted by Crippen LogP contribution is -2.02. The van der Waals surface area contributed by atoms with Crippen molar-refractivity contribution in [3.8, 4) is 0 Å². The molecule has 18 heavy (non-hydrogen) atoms. The Morgan fingerprint density at radius 3 is 2.50 bits per heavy atom. The fourth-order valence-electron chi connectivity index (χ4n) is 1.76. The third-order valence-electron chi connectivity index (χ3n) is 2.70. The van der Waals surface area contributed by atoms with E-state index in [1.807, 2.05) is 25.1 Å². The van der Waals surface area contributed by atoms with Crippen LogP contribution in [0.15, 0.2) is 40.9 Å². The Morgan fingerprint density at radius 2 is 1.78 bits per heavy atom. The van der Waals surface area contributed by atoms with E-state index in [1.165, 1.54) is 0 Å². The summed E-state index contributed by atoms with van der Waals surface area (Å²) in [6, 6.07) is 10.9. The first-order valence-electron chi connectivity index (χ1n) is 5.38. The molecule has 2 rings (SSSR count). The maximum Gasteiger partial charge on any atom is 0.107 e. The summed E-state index contributed by atoms with van der Waals surface area (Å²) >= 11 is 15.5. The van der Waals surface area contributed by atoms with Gasteiger partial charge in [0, 0.05) is 20.1 Å². The summed E-state index contributed by atoms with van der Waals surface area (Å²) in [6.07, 6.45) is -0.800. The first-order valence-corrected chi connectivity index (χ1v) is 6.93. The van der Waals surface area contributed by atoms with Crippen molar-refractivity contribution < 1.29 is 5.11 Å². The molecule has 94 valence electrons. The highest BCUT2D eigenvalue weighted by Crippen LogP contribution is 2.34. The van der Waals surface area contributed by atoms with Crippen LogP contribution >= 0.6 is 39.1 Å². The molecule has 1 nitrogen and oxygen atoms in total. The zero-order chi connectivity index (χ0) is 13.3. The van der Waals surface area contributed by atoms with Crippen molar-refractivity contribution in [1.29, 1.82) is 0 Å². The minimum atomic E-state index is -0.800. The van der Waals surface area contributed by atoms with Crippen molar-refractivity contribution in [2.24, 2.45) is 0 Å². The second-order valence-electron chi connectivity index (χ2n) is 4.09. The van der Waals surface area contributed by atoms with Gasteiger partial charge < -0.3 is 5.11 Å². The summed E-state index contributed by atoms with van der Waals surface area (Å²) in [6.45, 7) is 1.97. The number of aryl methyl sites for hydroxylation is 1. The molecule has 1 N–H and O–H groups in total. The fourth-order valence-corrected chi connectivity index (χ4v) is 2.63. The van der Waals surface area contributed by atoms with Gasteiger partial charge in [-0.15, -0.1) is 0 Å². The first kappa shape index (κ1) is 13.9. The van der Waals surface area contributed by atoms with Crippen molar-refractivity contribution in [2.75, 3.05) is 0 Å². The van der Waals surface area contributed by atoms with E-state index in [1.54, 1.807) is 18.2 Å². The van der Waals surface area contributed by atoms with Crippen molar-refractivity contribution >= 4 is 39.1 Å². The van der Waals surface area contributed by atoms with Gasteiger partial charge in [-0.2, -0.15) is 0 Å². The maximum atomic E-state index is 10.4. The van der Waals surface area contributed by atoms with Gasteiger partial charge in [0.05, 0.1) is 0 Å². The number of rotatable bonds is 2. The summed E-state index contributed by atoms with van der Waals surface area (Å²) in [7, 11) is 0. The van der Waals surface area contributed by atoms with Crippen LogP contribution in [0.2, 0.25) is 10.0 Å². The van der Waals surface area contributed by atoms with Gasteiger partial charge in [-0.3, -0.25) is 0 Å². The molecule has 0 aromatic heterocycles. The van der Waals surface area contributed by atoms with Gasteiger partial charge in [0.1, 0.15) is 6.10 Å². The van der Waals surface area contributed by atoms with Gasteiger partial charge in [0.15, 0.2) is 0 Å². The second kappa shape index (κ2) is 5.62. The van der Waals surface area contributed by atoms with Crippen LogP contribution in [0.1, 0.15) is 22.8 Å². The van der Waals surface area contributed by atoms with Crippen LogP contribution in [0.25, 0.3) is 0 Å². The lowest BCUT2D eigenvalue weighted by atomic mass is 10.00. The van der Waals surface area contributed by atoms with E-state index in [2.05, 4.69) is 15.9 Å². The molecule has 0 fully saturated rings. The predicted molar refractivity (Wildman–Crippen MR) is 79.4 cm³/mol. The van der Waals surface area contributed by atoms with Gasteiger partial charge in [0.2, 0.25) is 0 Å². The number of halogens is 3. The molecular formula is C14H11BrCl2O. The van der Waals surface area contributed by atoms with Crippen LogP contribution in [0.3, 0.4) is 0 Å². The smallest absolute Gasteiger partial charge is 0.107 e. The summed E-state index contributed by atoms with van der Waals surface area (Å²) in [4.78, 5) is 0. The fraction of sp³-hybridized carbons (Fsp3) is 0.143. The van der Waals surface area contributed by atoms with Crippen molar-refractivity contribution in [3.63, 3.8) is 0 Å². The molecule has 0 heterocycles. The Bertz CT molecular complexity index is 533. The molecule has 0 aliphatic carbocycles. The van der Waals surface area contributed by atoms with Gasteiger partial charge in [-0.25, -0.2) is 0 Å². The molecule has 0 amide bonds. The molecule has 1 atom stereocenters. The first-order chi connectivity index (χ1) is 8.49. The van der Waals surface area contributed by atoms with E-state index in [9.17, 15) is 5.11 Å². The SMILES string of the molecule is Cc1ccc(Br)c(C(O)c2cc(Cl)ccc2Cl)c1. The predicted octanol–water partition coefficient (Wildman–Crippen LogP) is 5.15. The number of hydrogen-bond acceptors (Lipinski definition) is 1. The number of aliphatic hydroxyl groups excluding tert-OH is 1. The molecule has 0 aliphatic rings. The number of aliphatic hydroxyl groups is 1. The van der Waals surface area contributed by atoms with Crippen LogP contribution in [0, 0.1) is 6.92 Å². The van der Waals surface area contributed by atoms with E-state index in [0.717, 1.165) is 15.6 Å². The van der Waals surface area contributed by atoms with Gasteiger partial charge in [0.25, 0.3) is 0 Å². The largest absolute Gasteiger partial charge is 0.384 e. The highest BCUT2D eigenvalue weighted by molar-refractivity contribution is 9.10. The molecule has 4 heteroatoms. The molecule has 0 bridgehead atoms. The van der Waals surface area contributed by atoms with E-state index in [4.69, 9.17) is 23.2 Å². The van der Waals surface area contributed by atoms with Gasteiger partial charge in [-0.05, 0) is 36.8 Å². The molecule has 0 radical (unpaired) electrons. The summed E-state index contributed by atoms with van der Waals surface area (Å²) < 4.78 is 0.844. The zero-order valence-electron chi connectivity index (χ0n) is 9.62. The lowest BCUT2D eigenvalue weighted by molar-refractivity contribution is 0.219. The van der Waals surface area contributed by atoms with E-state index < -0.39 is 6.10 Å². The lowest BCUT2D eigenvalue weighted by Gasteiger charge is -2.15. The highest BCUT2D eigenvalue weighted by Gasteiger charge is 2.17. The summed E-state index contributed by atoms with van der Waals surface area (Å²) in [5.41, 5.74) is 2.46. The van der Waals surface area contributed by atoms with Crippen LogP contribution in [-0.4, -0.2) is 5.11 Å². The Kier molecular flexibility index (Phi) is 4.33. The van der Waals surface area contributed by atoms with E-state index >= 15 is 0 Å². The highest BCUT2D eigenvalue weighted by atomic mass is 79.9. The van der Waals surface area contributed by atoms with Crippen LogP contribution < -0.4 is 0 Å². The van der Waals surface area contributed by atoms with Crippen LogP contribution in [-0.2, 0) is 0 Å². The molecule has 0 spiro atoms. The second-order valence-corrected chi connectivity index (χ2v) is 5.79.